The highest BCUT2D eigenvalue weighted by Crippen LogP contribution is 2.27. The monoisotopic (exact) mass is 356 g/mol. The van der Waals surface area contributed by atoms with Gasteiger partial charge in [0.25, 0.3) is 0 Å². The fourth-order valence-corrected chi connectivity index (χ4v) is 2.67. The Kier molecular flexibility index (Phi) is 7.38. The third-order valence-corrected chi connectivity index (χ3v) is 3.86. The second kappa shape index (κ2) is 9.75. The van der Waals surface area contributed by atoms with Crippen molar-refractivity contribution in [3.63, 3.8) is 0 Å². The molecule has 26 heavy (non-hydrogen) atoms. The lowest BCUT2D eigenvalue weighted by Gasteiger charge is -2.14. The number of hydrogen-bond acceptors (Lipinski definition) is 5. The summed E-state index contributed by atoms with van der Waals surface area (Å²) >= 11 is 0. The number of benzene rings is 2. The molecule has 0 heterocycles. The Hall–Kier alpha value is -2.63. The number of ether oxygens (including phenoxy) is 4. The van der Waals surface area contributed by atoms with E-state index in [1.54, 1.807) is 34.5 Å². The van der Waals surface area contributed by atoms with Gasteiger partial charge >= 0.3 is 0 Å². The van der Waals surface area contributed by atoms with Gasteiger partial charge in [-0.2, -0.15) is 0 Å². The first kappa shape index (κ1) is 19.7. The predicted octanol–water partition coefficient (Wildman–Crippen LogP) is 3.89. The molecule has 0 radical (unpaired) electrons. The van der Waals surface area contributed by atoms with E-state index >= 15 is 0 Å². The van der Waals surface area contributed by atoms with Gasteiger partial charge in [-0.1, -0.05) is 24.3 Å². The minimum Gasteiger partial charge on any atom is -0.497 e. The second-order valence-electron chi connectivity index (χ2n) is 5.67. The molecule has 0 saturated carbocycles. The Morgan fingerprint density at radius 2 is 1.62 bits per heavy atom. The van der Waals surface area contributed by atoms with Gasteiger partial charge in [0.1, 0.15) is 11.5 Å². The first-order valence-corrected chi connectivity index (χ1v) is 8.17. The molecule has 0 fully saturated rings. The predicted molar refractivity (Wildman–Crippen MR) is 101 cm³/mol. The average Bonchev–Trinajstić information content (AvgIpc) is 2.66. The van der Waals surface area contributed by atoms with Crippen molar-refractivity contribution in [1.82, 2.24) is 0 Å². The van der Waals surface area contributed by atoms with Crippen LogP contribution in [0.2, 0.25) is 0 Å². The molecule has 0 spiro atoms. The molecule has 2 rings (SSSR count). The van der Waals surface area contributed by atoms with Crippen LogP contribution in [0, 0.1) is 0 Å². The van der Waals surface area contributed by atoms with Gasteiger partial charge in [-0.15, -0.1) is 0 Å². The number of carbonyl (C=O) groups is 1. The molecule has 2 aromatic rings. The Labute approximate surface area is 154 Å². The van der Waals surface area contributed by atoms with Gasteiger partial charge in [0, 0.05) is 14.2 Å². The smallest absolute Gasteiger partial charge is 0.189 e. The molecule has 0 aliphatic carbocycles. The standard InChI is InChI=1S/C21H24O5/c1-23-13-16-11-17(14-24-2)21(20(12-16)26-4)19(22)10-7-15-5-8-18(25-3)9-6-15/h5-12H,13-14H2,1-4H3/b10-7+. The normalized spacial score (nSPS) is 10.9. The molecule has 5 heteroatoms. The molecule has 2 aromatic carbocycles. The van der Waals surface area contributed by atoms with Crippen molar-refractivity contribution in [2.75, 3.05) is 28.4 Å². The van der Waals surface area contributed by atoms with Crippen molar-refractivity contribution >= 4 is 11.9 Å². The molecular weight excluding hydrogens is 332 g/mol. The van der Waals surface area contributed by atoms with Gasteiger partial charge in [-0.05, 0) is 41.0 Å². The summed E-state index contributed by atoms with van der Waals surface area (Å²) in [5.74, 6) is 1.14. The van der Waals surface area contributed by atoms with Crippen LogP contribution in [0.25, 0.3) is 6.08 Å². The topological polar surface area (TPSA) is 54.0 Å². The zero-order valence-corrected chi connectivity index (χ0v) is 15.6. The van der Waals surface area contributed by atoms with Crippen LogP contribution >= 0.6 is 0 Å². The Morgan fingerprint density at radius 3 is 2.19 bits per heavy atom. The van der Waals surface area contributed by atoms with E-state index in [1.807, 2.05) is 36.4 Å². The van der Waals surface area contributed by atoms with Crippen molar-refractivity contribution in [3.05, 3.63) is 64.7 Å². The number of allylic oxidation sites excluding steroid dienone is 1. The molecule has 0 atom stereocenters. The number of rotatable bonds is 9. The van der Waals surface area contributed by atoms with Crippen molar-refractivity contribution in [1.29, 1.82) is 0 Å². The van der Waals surface area contributed by atoms with Crippen LogP contribution in [-0.4, -0.2) is 34.2 Å². The summed E-state index contributed by atoms with van der Waals surface area (Å²) in [6.45, 7) is 0.745. The highest BCUT2D eigenvalue weighted by Gasteiger charge is 2.17. The van der Waals surface area contributed by atoms with Crippen LogP contribution in [0.1, 0.15) is 27.0 Å². The fraction of sp³-hybridized carbons (Fsp3) is 0.286. The summed E-state index contributed by atoms with van der Waals surface area (Å²) in [6.07, 6.45) is 3.30. The molecule has 0 N–H and O–H groups in total. The number of hydrogen-bond donors (Lipinski definition) is 0. The SMILES string of the molecule is COCc1cc(COC)c(C(=O)/C=C/c2ccc(OC)cc2)c(OC)c1. The van der Waals surface area contributed by atoms with E-state index in [4.69, 9.17) is 18.9 Å². The van der Waals surface area contributed by atoms with E-state index < -0.39 is 0 Å². The van der Waals surface area contributed by atoms with Crippen molar-refractivity contribution in [2.24, 2.45) is 0 Å². The Bertz CT molecular complexity index is 763. The summed E-state index contributed by atoms with van der Waals surface area (Å²) in [5, 5.41) is 0. The molecule has 0 aliphatic heterocycles. The van der Waals surface area contributed by atoms with Crippen molar-refractivity contribution < 1.29 is 23.7 Å². The van der Waals surface area contributed by atoms with Crippen LogP contribution in [0.5, 0.6) is 11.5 Å². The van der Waals surface area contributed by atoms with Crippen LogP contribution in [-0.2, 0) is 22.7 Å². The summed E-state index contributed by atoms with van der Waals surface area (Å²) < 4.78 is 21.0. The maximum atomic E-state index is 12.8. The lowest BCUT2D eigenvalue weighted by atomic mass is 9.99. The molecule has 0 aromatic heterocycles. The molecular formula is C21H24O5. The first-order chi connectivity index (χ1) is 12.6. The number of methoxy groups -OCH3 is 4. The van der Waals surface area contributed by atoms with Gasteiger partial charge in [0.2, 0.25) is 0 Å². The fourth-order valence-electron chi connectivity index (χ4n) is 2.67. The highest BCUT2D eigenvalue weighted by atomic mass is 16.5. The third-order valence-electron chi connectivity index (χ3n) is 3.86. The van der Waals surface area contributed by atoms with Crippen LogP contribution < -0.4 is 9.47 Å². The van der Waals surface area contributed by atoms with Crippen LogP contribution in [0.4, 0.5) is 0 Å². The number of ketones is 1. The van der Waals surface area contributed by atoms with Gasteiger partial charge in [0.05, 0.1) is 33.0 Å². The summed E-state index contributed by atoms with van der Waals surface area (Å²) in [4.78, 5) is 12.8. The van der Waals surface area contributed by atoms with Gasteiger partial charge in [0.15, 0.2) is 5.78 Å². The molecule has 138 valence electrons. The first-order valence-electron chi connectivity index (χ1n) is 8.17. The second-order valence-corrected chi connectivity index (χ2v) is 5.67. The van der Waals surface area contributed by atoms with Gasteiger partial charge in [-0.25, -0.2) is 0 Å². The van der Waals surface area contributed by atoms with E-state index in [2.05, 4.69) is 0 Å². The molecule has 0 bridgehead atoms. The van der Waals surface area contributed by atoms with E-state index in [9.17, 15) is 4.79 Å². The minimum atomic E-state index is -0.145. The van der Waals surface area contributed by atoms with Crippen LogP contribution in [0.15, 0.2) is 42.5 Å². The lowest BCUT2D eigenvalue weighted by Crippen LogP contribution is -2.07. The van der Waals surface area contributed by atoms with Gasteiger partial charge in [-0.3, -0.25) is 4.79 Å². The third kappa shape index (κ3) is 4.94. The average molecular weight is 356 g/mol. The largest absolute Gasteiger partial charge is 0.497 e. The molecule has 0 amide bonds. The highest BCUT2D eigenvalue weighted by molar-refractivity contribution is 6.09. The van der Waals surface area contributed by atoms with Crippen molar-refractivity contribution in [2.45, 2.75) is 13.2 Å². The van der Waals surface area contributed by atoms with E-state index in [1.165, 1.54) is 6.08 Å². The zero-order valence-electron chi connectivity index (χ0n) is 15.6. The molecule has 0 aliphatic rings. The van der Waals surface area contributed by atoms with Crippen molar-refractivity contribution in [3.8, 4) is 11.5 Å². The van der Waals surface area contributed by atoms with Gasteiger partial charge < -0.3 is 18.9 Å². The van der Waals surface area contributed by atoms with E-state index in [0.29, 0.717) is 24.5 Å². The quantitative estimate of drug-likeness (QED) is 0.504. The summed E-state index contributed by atoms with van der Waals surface area (Å²) in [6, 6.07) is 11.2. The summed E-state index contributed by atoms with van der Waals surface area (Å²) in [7, 11) is 6.38. The van der Waals surface area contributed by atoms with E-state index in [0.717, 1.165) is 22.4 Å². The maximum Gasteiger partial charge on any atom is 0.189 e. The lowest BCUT2D eigenvalue weighted by molar-refractivity contribution is 0.103. The maximum absolute atomic E-state index is 12.8. The molecule has 5 nitrogen and oxygen atoms in total. The molecule has 0 saturated heterocycles. The summed E-state index contributed by atoms with van der Waals surface area (Å²) in [5.41, 5.74) is 3.09. The van der Waals surface area contributed by atoms with Crippen LogP contribution in [0.3, 0.4) is 0 Å². The Balaban J connectivity index is 2.34. The molecule has 0 unspecified atom stereocenters. The zero-order chi connectivity index (χ0) is 18.9. The Morgan fingerprint density at radius 1 is 0.923 bits per heavy atom. The minimum absolute atomic E-state index is 0.145. The van der Waals surface area contributed by atoms with E-state index in [-0.39, 0.29) is 5.78 Å². The number of carbonyl (C=O) groups excluding carboxylic acids is 1.